The van der Waals surface area contributed by atoms with Crippen molar-refractivity contribution in [2.45, 2.75) is 45.1 Å². The van der Waals surface area contributed by atoms with Crippen LogP contribution in [0.3, 0.4) is 0 Å². The average molecular weight is 361 g/mol. The minimum atomic E-state index is 0. The van der Waals surface area contributed by atoms with Crippen molar-refractivity contribution in [1.82, 2.24) is 14.5 Å². The molecule has 0 bridgehead atoms. The number of rotatable bonds is 9. The molecule has 1 aromatic heterocycles. The highest BCUT2D eigenvalue weighted by molar-refractivity contribution is 5.87. The van der Waals surface area contributed by atoms with Crippen molar-refractivity contribution in [2.75, 3.05) is 19.6 Å². The number of imidazole rings is 1. The number of hydrogen-bond donors (Lipinski definition) is 0. The zero-order valence-corrected chi connectivity index (χ0v) is 15.9. The van der Waals surface area contributed by atoms with E-state index < -0.39 is 0 Å². The minimum Gasteiger partial charge on any atom is -0.357 e. The Balaban J connectivity index is 0.00000225. The first-order chi connectivity index (χ1) is 11.9. The van der Waals surface area contributed by atoms with Crippen molar-refractivity contribution in [2.24, 2.45) is 4.99 Å². The standard InChI is InChI=1S/C20H28N4.ClH/c1-2-3-4-8-13-23-15-12-22-20(23)19(24-14-11-21-17-24)16-18-9-6-5-7-10-18;/h5-7,9-11,14,17,19H,2-4,8,12-13,15-16H2,1H3;1H. The summed E-state index contributed by atoms with van der Waals surface area (Å²) in [6.45, 7) is 5.36. The molecule has 25 heavy (non-hydrogen) atoms. The fourth-order valence-corrected chi connectivity index (χ4v) is 3.39. The summed E-state index contributed by atoms with van der Waals surface area (Å²) in [6, 6.07) is 10.9. The van der Waals surface area contributed by atoms with Crippen LogP contribution in [0.25, 0.3) is 0 Å². The number of hydrogen-bond acceptors (Lipinski definition) is 3. The second-order valence-electron chi connectivity index (χ2n) is 6.50. The first kappa shape index (κ1) is 19.5. The molecule has 0 saturated heterocycles. The van der Waals surface area contributed by atoms with Crippen molar-refractivity contribution in [3.8, 4) is 0 Å². The lowest BCUT2D eigenvalue weighted by Crippen LogP contribution is -2.36. The number of aliphatic imine (C=N–C) groups is 1. The molecular weight excluding hydrogens is 332 g/mol. The first-order valence-corrected chi connectivity index (χ1v) is 9.19. The van der Waals surface area contributed by atoms with Crippen LogP contribution in [0.15, 0.2) is 54.0 Å². The first-order valence-electron chi connectivity index (χ1n) is 9.19. The predicted octanol–water partition coefficient (Wildman–Crippen LogP) is 4.38. The zero-order chi connectivity index (χ0) is 16.6. The number of aromatic nitrogens is 2. The number of nitrogens with zero attached hydrogens (tertiary/aromatic N) is 4. The Kier molecular flexibility index (Phi) is 7.99. The summed E-state index contributed by atoms with van der Waals surface area (Å²) in [5, 5.41) is 0. The van der Waals surface area contributed by atoms with Crippen LogP contribution < -0.4 is 0 Å². The van der Waals surface area contributed by atoms with Gasteiger partial charge in [0.25, 0.3) is 0 Å². The summed E-state index contributed by atoms with van der Waals surface area (Å²) in [7, 11) is 0. The highest BCUT2D eigenvalue weighted by Crippen LogP contribution is 2.21. The van der Waals surface area contributed by atoms with Gasteiger partial charge in [0.1, 0.15) is 5.84 Å². The van der Waals surface area contributed by atoms with Gasteiger partial charge < -0.3 is 9.47 Å². The van der Waals surface area contributed by atoms with Gasteiger partial charge in [0.05, 0.1) is 18.9 Å². The smallest absolute Gasteiger partial charge is 0.123 e. The van der Waals surface area contributed by atoms with Gasteiger partial charge in [-0.1, -0.05) is 56.5 Å². The molecule has 1 aliphatic heterocycles. The van der Waals surface area contributed by atoms with Crippen molar-refractivity contribution >= 4 is 18.2 Å². The van der Waals surface area contributed by atoms with Gasteiger partial charge in [0.15, 0.2) is 0 Å². The van der Waals surface area contributed by atoms with Crippen molar-refractivity contribution < 1.29 is 0 Å². The van der Waals surface area contributed by atoms with Gasteiger partial charge in [0.2, 0.25) is 0 Å². The Bertz CT molecular complexity index is 624. The van der Waals surface area contributed by atoms with Crippen LogP contribution in [0.1, 0.15) is 44.2 Å². The molecule has 0 radical (unpaired) electrons. The summed E-state index contributed by atoms with van der Waals surface area (Å²) in [5.41, 5.74) is 1.34. The molecule has 5 heteroatoms. The van der Waals surface area contributed by atoms with Gasteiger partial charge in [-0.25, -0.2) is 4.98 Å². The molecule has 0 spiro atoms. The van der Waals surface area contributed by atoms with E-state index >= 15 is 0 Å². The highest BCUT2D eigenvalue weighted by atomic mass is 35.5. The molecule has 136 valence electrons. The molecule has 0 aliphatic carbocycles. The highest BCUT2D eigenvalue weighted by Gasteiger charge is 2.26. The topological polar surface area (TPSA) is 33.4 Å². The van der Waals surface area contributed by atoms with Gasteiger partial charge in [-0.3, -0.25) is 4.99 Å². The lowest BCUT2D eigenvalue weighted by Gasteiger charge is -2.27. The van der Waals surface area contributed by atoms with E-state index in [0.717, 1.165) is 26.1 Å². The lowest BCUT2D eigenvalue weighted by molar-refractivity contribution is 0.408. The Morgan fingerprint density at radius 2 is 1.96 bits per heavy atom. The van der Waals surface area contributed by atoms with Crippen molar-refractivity contribution in [3.05, 3.63) is 54.6 Å². The quantitative estimate of drug-likeness (QED) is 0.621. The average Bonchev–Trinajstić information content (AvgIpc) is 3.29. The number of amidine groups is 1. The summed E-state index contributed by atoms with van der Waals surface area (Å²) < 4.78 is 2.20. The second-order valence-corrected chi connectivity index (χ2v) is 6.50. The third-order valence-electron chi connectivity index (χ3n) is 4.70. The molecule has 0 amide bonds. The number of benzene rings is 1. The summed E-state index contributed by atoms with van der Waals surface area (Å²) in [5.74, 6) is 1.23. The maximum atomic E-state index is 4.86. The molecule has 2 heterocycles. The monoisotopic (exact) mass is 360 g/mol. The maximum absolute atomic E-state index is 4.86. The van der Waals surface area contributed by atoms with Crippen molar-refractivity contribution in [3.63, 3.8) is 0 Å². The van der Waals surface area contributed by atoms with Crippen LogP contribution in [-0.4, -0.2) is 39.9 Å². The summed E-state index contributed by atoms with van der Waals surface area (Å²) in [6.07, 6.45) is 12.0. The van der Waals surface area contributed by atoms with Crippen LogP contribution in [0.4, 0.5) is 0 Å². The Morgan fingerprint density at radius 1 is 1.12 bits per heavy atom. The van der Waals surface area contributed by atoms with Gasteiger partial charge >= 0.3 is 0 Å². The lowest BCUT2D eigenvalue weighted by atomic mass is 10.0. The van der Waals surface area contributed by atoms with Crippen molar-refractivity contribution in [1.29, 1.82) is 0 Å². The molecule has 2 aromatic rings. The van der Waals surface area contributed by atoms with Crippen LogP contribution in [0.5, 0.6) is 0 Å². The predicted molar refractivity (Wildman–Crippen MR) is 107 cm³/mol. The molecular formula is C20H29ClN4. The van der Waals surface area contributed by atoms with E-state index in [9.17, 15) is 0 Å². The molecule has 4 nitrogen and oxygen atoms in total. The summed E-state index contributed by atoms with van der Waals surface area (Å²) in [4.78, 5) is 11.6. The van der Waals surface area contributed by atoms with E-state index in [4.69, 9.17) is 4.99 Å². The van der Waals surface area contributed by atoms with Crippen LogP contribution >= 0.6 is 12.4 Å². The SMILES string of the molecule is CCCCCCN1CCN=C1C(Cc1ccccc1)n1ccnc1.Cl. The van der Waals surface area contributed by atoms with Crippen LogP contribution in [0.2, 0.25) is 0 Å². The second kappa shape index (κ2) is 10.2. The maximum Gasteiger partial charge on any atom is 0.123 e. The normalized spacial score (nSPS) is 14.9. The van der Waals surface area contributed by atoms with E-state index in [1.165, 1.54) is 37.1 Å². The molecule has 3 rings (SSSR count). The zero-order valence-electron chi connectivity index (χ0n) is 15.1. The Hall–Kier alpha value is -1.81. The van der Waals surface area contributed by atoms with E-state index in [-0.39, 0.29) is 18.4 Å². The third-order valence-corrected chi connectivity index (χ3v) is 4.70. The molecule has 0 fully saturated rings. The fraction of sp³-hybridized carbons (Fsp3) is 0.500. The van der Waals surface area contributed by atoms with Gasteiger partial charge in [-0.05, 0) is 12.0 Å². The molecule has 1 aliphatic rings. The molecule has 0 saturated carbocycles. The number of halogens is 1. The Labute approximate surface area is 157 Å². The minimum absolute atomic E-state index is 0. The van der Waals surface area contributed by atoms with Gasteiger partial charge in [0, 0.05) is 31.9 Å². The van der Waals surface area contributed by atoms with Gasteiger partial charge in [-0.2, -0.15) is 0 Å². The number of unbranched alkanes of at least 4 members (excludes halogenated alkanes) is 3. The molecule has 1 aromatic carbocycles. The third kappa shape index (κ3) is 5.33. The van der Waals surface area contributed by atoms with E-state index in [1.54, 1.807) is 0 Å². The molecule has 1 atom stereocenters. The molecule has 1 unspecified atom stereocenters. The Morgan fingerprint density at radius 3 is 2.68 bits per heavy atom. The summed E-state index contributed by atoms with van der Waals surface area (Å²) >= 11 is 0. The largest absolute Gasteiger partial charge is 0.357 e. The van der Waals surface area contributed by atoms with Gasteiger partial charge in [-0.15, -0.1) is 12.4 Å². The van der Waals surface area contributed by atoms with Crippen LogP contribution in [0, 0.1) is 0 Å². The van der Waals surface area contributed by atoms with E-state index in [1.807, 2.05) is 12.5 Å². The fourth-order valence-electron chi connectivity index (χ4n) is 3.39. The van der Waals surface area contributed by atoms with E-state index in [2.05, 4.69) is 57.9 Å². The van der Waals surface area contributed by atoms with E-state index in [0.29, 0.717) is 0 Å². The van der Waals surface area contributed by atoms with Crippen LogP contribution in [-0.2, 0) is 6.42 Å². The molecule has 0 N–H and O–H groups in total.